The fourth-order valence-electron chi connectivity index (χ4n) is 1.05. The van der Waals surface area contributed by atoms with E-state index in [2.05, 4.69) is 22.2 Å². The third-order valence-corrected chi connectivity index (χ3v) is 3.26. The lowest BCUT2D eigenvalue weighted by Crippen LogP contribution is -2.12. The van der Waals surface area contributed by atoms with Crippen molar-refractivity contribution in [3.8, 4) is 6.19 Å². The third kappa shape index (κ3) is 3.22. The number of amidine groups is 1. The van der Waals surface area contributed by atoms with Crippen molar-refractivity contribution in [2.24, 2.45) is 4.99 Å². The Balaban J connectivity index is 2.92. The Hall–Kier alpha value is -1.06. The molecule has 0 aromatic carbocycles. The predicted molar refractivity (Wildman–Crippen MR) is 65.6 cm³/mol. The molecule has 0 amide bonds. The van der Waals surface area contributed by atoms with Crippen LogP contribution >= 0.6 is 23.1 Å². The molecule has 0 aliphatic rings. The van der Waals surface area contributed by atoms with Crippen LogP contribution < -0.4 is 5.32 Å². The Morgan fingerprint density at radius 3 is 2.93 bits per heavy atom. The van der Waals surface area contributed by atoms with Crippen molar-refractivity contribution < 1.29 is 0 Å². The van der Waals surface area contributed by atoms with Gasteiger partial charge in [-0.05, 0) is 19.6 Å². The van der Waals surface area contributed by atoms with Crippen molar-refractivity contribution in [3.63, 3.8) is 0 Å². The molecule has 0 radical (unpaired) electrons. The van der Waals surface area contributed by atoms with Gasteiger partial charge in [0.05, 0.1) is 5.69 Å². The van der Waals surface area contributed by atoms with Gasteiger partial charge in [-0.25, -0.2) is 4.98 Å². The summed E-state index contributed by atoms with van der Waals surface area (Å²) >= 11 is 2.94. The Bertz CT molecular complexity index is 403. The summed E-state index contributed by atoms with van der Waals surface area (Å²) in [7, 11) is 0. The van der Waals surface area contributed by atoms with Crippen LogP contribution in [0, 0.1) is 18.4 Å². The summed E-state index contributed by atoms with van der Waals surface area (Å²) in [4.78, 5) is 9.80. The first-order chi connectivity index (χ1) is 7.21. The monoisotopic (exact) mass is 240 g/mol. The summed E-state index contributed by atoms with van der Waals surface area (Å²) in [6, 6.07) is 0. The van der Waals surface area contributed by atoms with Crippen LogP contribution in [0.15, 0.2) is 4.99 Å². The smallest absolute Gasteiger partial charge is 0.212 e. The first-order valence-electron chi connectivity index (χ1n) is 4.45. The van der Waals surface area contributed by atoms with Gasteiger partial charge in [0.15, 0.2) is 11.4 Å². The van der Waals surface area contributed by atoms with Crippen LogP contribution in [0.2, 0.25) is 0 Å². The number of aryl methyl sites for hydroxylation is 2. The molecule has 0 bridgehead atoms. The van der Waals surface area contributed by atoms with E-state index in [-0.39, 0.29) is 0 Å². The Kier molecular flexibility index (Phi) is 4.59. The zero-order chi connectivity index (χ0) is 11.3. The molecule has 4 nitrogen and oxygen atoms in total. The van der Waals surface area contributed by atoms with Gasteiger partial charge in [-0.3, -0.25) is 5.32 Å². The van der Waals surface area contributed by atoms with Gasteiger partial charge in [-0.15, -0.1) is 0 Å². The number of nitrogens with zero attached hydrogens (tertiary/aromatic N) is 3. The zero-order valence-corrected chi connectivity index (χ0v) is 10.5. The van der Waals surface area contributed by atoms with Gasteiger partial charge in [0.2, 0.25) is 5.13 Å². The van der Waals surface area contributed by atoms with Crippen LogP contribution in [0.3, 0.4) is 0 Å². The average molecular weight is 240 g/mol. The maximum atomic E-state index is 8.48. The first-order valence-corrected chi connectivity index (χ1v) is 6.49. The lowest BCUT2D eigenvalue weighted by atomic mass is 10.3. The van der Waals surface area contributed by atoms with Gasteiger partial charge in [-0.2, -0.15) is 10.3 Å². The highest BCUT2D eigenvalue weighted by Crippen LogP contribution is 2.25. The molecule has 0 unspecified atom stereocenters. The van der Waals surface area contributed by atoms with E-state index < -0.39 is 0 Å². The molecule has 0 saturated carbocycles. The lowest BCUT2D eigenvalue weighted by molar-refractivity contribution is 1.04. The largest absolute Gasteiger partial charge is 0.271 e. The third-order valence-electron chi connectivity index (χ3n) is 1.77. The highest BCUT2D eigenvalue weighted by Gasteiger charge is 2.05. The number of hydrogen-bond donors (Lipinski definition) is 1. The molecule has 0 saturated heterocycles. The predicted octanol–water partition coefficient (Wildman–Crippen LogP) is 2.44. The number of hydrogen-bond acceptors (Lipinski definition) is 5. The Labute approximate surface area is 97.4 Å². The number of nitrogens with one attached hydrogen (secondary N) is 1. The highest BCUT2D eigenvalue weighted by atomic mass is 32.2. The molecule has 0 fully saturated rings. The van der Waals surface area contributed by atoms with E-state index in [9.17, 15) is 0 Å². The lowest BCUT2D eigenvalue weighted by Gasteiger charge is -1.95. The number of aromatic nitrogens is 1. The van der Waals surface area contributed by atoms with Crippen LogP contribution in [0.4, 0.5) is 5.13 Å². The molecule has 1 aromatic heterocycles. The first kappa shape index (κ1) is 12.0. The Morgan fingerprint density at radius 1 is 1.73 bits per heavy atom. The number of thiazole rings is 1. The molecular formula is C9H12N4S2. The van der Waals surface area contributed by atoms with Crippen molar-refractivity contribution in [3.05, 3.63) is 10.6 Å². The SMILES string of the molecule is CCc1nc(/N=C(\NC#N)SC)sc1C. The van der Waals surface area contributed by atoms with Gasteiger partial charge in [-0.1, -0.05) is 30.0 Å². The molecule has 6 heteroatoms. The minimum Gasteiger partial charge on any atom is -0.271 e. The topological polar surface area (TPSA) is 61.1 Å². The molecule has 1 rings (SSSR count). The summed E-state index contributed by atoms with van der Waals surface area (Å²) in [5.41, 5.74) is 1.08. The number of aliphatic imine (C=N–C) groups is 1. The minimum atomic E-state index is 0.578. The molecule has 0 aliphatic heterocycles. The van der Waals surface area contributed by atoms with E-state index in [1.165, 1.54) is 16.6 Å². The van der Waals surface area contributed by atoms with Crippen LogP contribution in [0.1, 0.15) is 17.5 Å². The fourth-order valence-corrected chi connectivity index (χ4v) is 2.31. The molecule has 0 aliphatic carbocycles. The van der Waals surface area contributed by atoms with Gasteiger partial charge >= 0.3 is 0 Å². The zero-order valence-electron chi connectivity index (χ0n) is 8.87. The van der Waals surface area contributed by atoms with Crippen LogP contribution in [-0.2, 0) is 6.42 Å². The summed E-state index contributed by atoms with van der Waals surface area (Å²) < 4.78 is 0. The van der Waals surface area contributed by atoms with Crippen molar-refractivity contribution in [2.75, 3.05) is 6.26 Å². The second-order valence-electron chi connectivity index (χ2n) is 2.71. The summed E-state index contributed by atoms with van der Waals surface area (Å²) in [6.07, 6.45) is 4.63. The van der Waals surface area contributed by atoms with Gasteiger partial charge in [0, 0.05) is 4.88 Å². The van der Waals surface area contributed by atoms with Crippen LogP contribution in [0.5, 0.6) is 0 Å². The molecule has 1 heterocycles. The van der Waals surface area contributed by atoms with E-state index in [0.717, 1.165) is 12.1 Å². The summed E-state index contributed by atoms with van der Waals surface area (Å²) in [5, 5.41) is 12.3. The quantitative estimate of drug-likeness (QED) is 0.373. The fraction of sp³-hybridized carbons (Fsp3) is 0.444. The average Bonchev–Trinajstić information content (AvgIpc) is 2.58. The van der Waals surface area contributed by atoms with E-state index >= 15 is 0 Å². The molecule has 0 spiro atoms. The summed E-state index contributed by atoms with van der Waals surface area (Å²) in [5.74, 6) is 0. The summed E-state index contributed by atoms with van der Waals surface area (Å²) in [6.45, 7) is 4.10. The molecule has 1 aromatic rings. The van der Waals surface area contributed by atoms with Crippen molar-refractivity contribution in [1.29, 1.82) is 5.26 Å². The van der Waals surface area contributed by atoms with Crippen molar-refractivity contribution >= 4 is 33.4 Å². The number of thioether (sulfide) groups is 1. The van der Waals surface area contributed by atoms with Gasteiger partial charge in [0.25, 0.3) is 0 Å². The van der Waals surface area contributed by atoms with E-state index in [1.807, 2.05) is 19.4 Å². The molecule has 80 valence electrons. The maximum absolute atomic E-state index is 8.48. The second-order valence-corrected chi connectivity index (χ2v) is 4.69. The normalized spacial score (nSPS) is 11.2. The second kappa shape index (κ2) is 5.73. The number of nitriles is 1. The van der Waals surface area contributed by atoms with Crippen LogP contribution in [0.25, 0.3) is 0 Å². The van der Waals surface area contributed by atoms with Gasteiger partial charge < -0.3 is 0 Å². The van der Waals surface area contributed by atoms with Crippen LogP contribution in [-0.4, -0.2) is 16.4 Å². The van der Waals surface area contributed by atoms with E-state index in [1.54, 1.807) is 11.3 Å². The Morgan fingerprint density at radius 2 is 2.47 bits per heavy atom. The van der Waals surface area contributed by atoms with E-state index in [0.29, 0.717) is 10.3 Å². The minimum absolute atomic E-state index is 0.578. The molecule has 1 N–H and O–H groups in total. The van der Waals surface area contributed by atoms with Gasteiger partial charge in [0.1, 0.15) is 0 Å². The molecular weight excluding hydrogens is 228 g/mol. The molecule has 15 heavy (non-hydrogen) atoms. The van der Waals surface area contributed by atoms with Crippen molar-refractivity contribution in [1.82, 2.24) is 10.3 Å². The standard InChI is InChI=1S/C9H12N4S2/c1-4-7-6(2)15-9(12-7)13-8(14-3)11-5-10/h4H2,1-3H3,(H,11,12,13). The maximum Gasteiger partial charge on any atom is 0.212 e. The van der Waals surface area contributed by atoms with E-state index in [4.69, 9.17) is 5.26 Å². The number of rotatable bonds is 2. The van der Waals surface area contributed by atoms with Crippen molar-refractivity contribution in [2.45, 2.75) is 20.3 Å². The highest BCUT2D eigenvalue weighted by molar-refractivity contribution is 8.13. The molecule has 0 atom stereocenters.